The third kappa shape index (κ3) is 1.75. The molecule has 128 valence electrons. The monoisotopic (exact) mass is 326 g/mol. The van der Waals surface area contributed by atoms with Gasteiger partial charge in [-0.15, -0.1) is 0 Å². The fraction of sp³-hybridized carbons (Fsp3) is 0.938. The molecule has 6 aliphatic rings. The molecule has 1 N–H and O–H groups in total. The summed E-state index contributed by atoms with van der Waals surface area (Å²) < 4.78 is 29.5. The Bertz CT molecular complexity index is 573. The Kier molecular flexibility index (Phi) is 2.59. The van der Waals surface area contributed by atoms with Crippen LogP contribution in [0.3, 0.4) is 0 Å². The van der Waals surface area contributed by atoms with E-state index in [0.717, 1.165) is 0 Å². The topological polar surface area (TPSA) is 83.5 Å². The molecule has 4 aliphatic heterocycles. The van der Waals surface area contributed by atoms with Crippen LogP contribution in [0, 0.1) is 17.8 Å². The molecule has 4 saturated heterocycles. The van der Waals surface area contributed by atoms with E-state index in [9.17, 15) is 9.90 Å². The van der Waals surface area contributed by atoms with Crippen LogP contribution in [0.4, 0.5) is 0 Å². The Morgan fingerprint density at radius 3 is 2.04 bits per heavy atom. The van der Waals surface area contributed by atoms with Gasteiger partial charge >= 0.3 is 5.97 Å². The molecule has 2 saturated carbocycles. The quantitative estimate of drug-likeness (QED) is 0.636. The Hall–Kier alpha value is -0.730. The van der Waals surface area contributed by atoms with E-state index in [4.69, 9.17) is 23.7 Å². The lowest BCUT2D eigenvalue weighted by Crippen LogP contribution is -2.65. The van der Waals surface area contributed by atoms with Crippen molar-refractivity contribution < 1.29 is 33.6 Å². The number of fused-ring (bicyclic) bond motifs is 2. The predicted octanol–water partition coefficient (Wildman–Crippen LogP) is 0.189. The van der Waals surface area contributed by atoms with E-state index in [-0.39, 0.29) is 36.1 Å². The third-order valence-corrected chi connectivity index (χ3v) is 5.88. The van der Waals surface area contributed by atoms with Crippen molar-refractivity contribution in [3.05, 3.63) is 0 Å². The number of aliphatic hydroxyl groups is 1. The molecule has 0 amide bonds. The minimum absolute atomic E-state index is 0.127. The van der Waals surface area contributed by atoms with Crippen molar-refractivity contribution >= 4 is 5.97 Å². The highest BCUT2D eigenvalue weighted by molar-refractivity contribution is 5.76. The third-order valence-electron chi connectivity index (χ3n) is 5.88. The van der Waals surface area contributed by atoms with Crippen molar-refractivity contribution in [3.8, 4) is 0 Å². The van der Waals surface area contributed by atoms with Crippen molar-refractivity contribution in [2.24, 2.45) is 17.8 Å². The van der Waals surface area contributed by atoms with Gasteiger partial charge in [0.15, 0.2) is 11.6 Å². The summed E-state index contributed by atoms with van der Waals surface area (Å²) in [5, 5.41) is 10.8. The van der Waals surface area contributed by atoms with Gasteiger partial charge in [-0.25, -0.2) is 0 Å². The zero-order chi connectivity index (χ0) is 16.3. The van der Waals surface area contributed by atoms with Crippen LogP contribution in [-0.4, -0.2) is 59.3 Å². The molecule has 0 radical (unpaired) electrons. The maximum absolute atomic E-state index is 12.4. The summed E-state index contributed by atoms with van der Waals surface area (Å²) in [6, 6.07) is 0. The number of rotatable bonds is 0. The second kappa shape index (κ2) is 4.08. The number of carbonyl (C=O) groups excluding carboxylic acids is 1. The van der Waals surface area contributed by atoms with Gasteiger partial charge in [-0.2, -0.15) is 0 Å². The fourth-order valence-corrected chi connectivity index (χ4v) is 5.34. The van der Waals surface area contributed by atoms with Gasteiger partial charge in [-0.3, -0.25) is 4.79 Å². The normalized spacial score (nSPS) is 57.8. The average molecular weight is 326 g/mol. The second-order valence-electron chi connectivity index (χ2n) is 8.20. The molecule has 0 aromatic rings. The van der Waals surface area contributed by atoms with E-state index in [2.05, 4.69) is 0 Å². The Labute approximate surface area is 134 Å². The van der Waals surface area contributed by atoms with Gasteiger partial charge < -0.3 is 28.8 Å². The molecule has 23 heavy (non-hydrogen) atoms. The summed E-state index contributed by atoms with van der Waals surface area (Å²) in [6.07, 6.45) is -2.65. The van der Waals surface area contributed by atoms with Crippen LogP contribution in [0.5, 0.6) is 0 Å². The summed E-state index contributed by atoms with van der Waals surface area (Å²) >= 11 is 0. The van der Waals surface area contributed by atoms with E-state index in [1.54, 1.807) is 0 Å². The van der Waals surface area contributed by atoms with E-state index in [0.29, 0.717) is 0 Å². The van der Waals surface area contributed by atoms with Crippen LogP contribution in [-0.2, 0) is 28.5 Å². The summed E-state index contributed by atoms with van der Waals surface area (Å²) in [7, 11) is 0. The predicted molar refractivity (Wildman–Crippen MR) is 74.0 cm³/mol. The standard InChI is InChI=1S/C16H22O7/c1-15(2)20-10-6-5(8(17)12(10)22-15)7-11-13(9(6)19-14(7)18)23-16(3,4)21-11/h5-13,17H,1-4H3/t5-,6+,7+,8+,9-,10+,11+,12-,13-/m0/s1. The first-order valence-electron chi connectivity index (χ1n) is 8.28. The average Bonchev–Trinajstić information content (AvgIpc) is 3.00. The van der Waals surface area contributed by atoms with Crippen molar-refractivity contribution in [3.63, 3.8) is 0 Å². The molecule has 0 aromatic carbocycles. The number of esters is 1. The molecule has 6 rings (SSSR count). The molecule has 0 aromatic heterocycles. The van der Waals surface area contributed by atoms with Crippen LogP contribution in [0.15, 0.2) is 0 Å². The van der Waals surface area contributed by atoms with Crippen LogP contribution in [0.2, 0.25) is 0 Å². The van der Waals surface area contributed by atoms with Crippen molar-refractivity contribution in [1.82, 2.24) is 0 Å². The van der Waals surface area contributed by atoms with Crippen LogP contribution in [0.25, 0.3) is 0 Å². The van der Waals surface area contributed by atoms with E-state index in [1.807, 2.05) is 27.7 Å². The molecule has 2 aliphatic carbocycles. The van der Waals surface area contributed by atoms with Gasteiger partial charge in [0.25, 0.3) is 0 Å². The van der Waals surface area contributed by atoms with E-state index >= 15 is 0 Å². The molecule has 7 nitrogen and oxygen atoms in total. The van der Waals surface area contributed by atoms with Gasteiger partial charge in [0.05, 0.1) is 18.1 Å². The molecule has 6 fully saturated rings. The highest BCUT2D eigenvalue weighted by Gasteiger charge is 2.74. The van der Waals surface area contributed by atoms with Gasteiger partial charge in [0.2, 0.25) is 0 Å². The number of ether oxygens (including phenoxy) is 5. The number of aliphatic hydroxyl groups excluding tert-OH is 1. The molecular weight excluding hydrogens is 304 g/mol. The number of carbonyl (C=O) groups is 1. The Morgan fingerprint density at radius 2 is 1.35 bits per heavy atom. The van der Waals surface area contributed by atoms with Gasteiger partial charge in [-0.1, -0.05) is 0 Å². The molecule has 7 heteroatoms. The van der Waals surface area contributed by atoms with E-state index in [1.165, 1.54) is 0 Å². The highest BCUT2D eigenvalue weighted by Crippen LogP contribution is 2.59. The summed E-state index contributed by atoms with van der Waals surface area (Å²) in [4.78, 5) is 12.4. The van der Waals surface area contributed by atoms with Crippen molar-refractivity contribution in [2.45, 2.75) is 75.9 Å². The van der Waals surface area contributed by atoms with Gasteiger partial charge in [0.1, 0.15) is 24.4 Å². The Balaban J connectivity index is 1.56. The molecule has 9 atom stereocenters. The largest absolute Gasteiger partial charge is 0.459 e. The first-order valence-corrected chi connectivity index (χ1v) is 8.28. The molecular formula is C16H22O7. The van der Waals surface area contributed by atoms with Gasteiger partial charge in [0, 0.05) is 11.8 Å². The smallest absolute Gasteiger partial charge is 0.312 e. The lowest BCUT2D eigenvalue weighted by Gasteiger charge is -2.50. The summed E-state index contributed by atoms with van der Waals surface area (Å²) in [5.74, 6) is -2.74. The van der Waals surface area contributed by atoms with Crippen molar-refractivity contribution in [2.75, 3.05) is 0 Å². The highest BCUT2D eigenvalue weighted by atomic mass is 16.8. The van der Waals surface area contributed by atoms with Crippen molar-refractivity contribution in [1.29, 1.82) is 0 Å². The molecule has 0 unspecified atom stereocenters. The summed E-state index contributed by atoms with van der Waals surface area (Å²) in [6.45, 7) is 7.34. The molecule has 0 spiro atoms. The SMILES string of the molecule is CC1(C)O[C@H]2[C@H]3OC(=O)[C@@H]([C@H]2O1)[C@H]1[C@@H](O)[C@@H]2OC(C)(C)O[C@@H]2[C@@H]31. The molecule has 4 heterocycles. The van der Waals surface area contributed by atoms with E-state index < -0.39 is 35.8 Å². The lowest BCUT2D eigenvalue weighted by molar-refractivity contribution is -0.240. The lowest BCUT2D eigenvalue weighted by atomic mass is 9.66. The summed E-state index contributed by atoms with van der Waals surface area (Å²) in [5.41, 5.74) is 0. The minimum atomic E-state index is -0.764. The zero-order valence-electron chi connectivity index (χ0n) is 13.6. The maximum Gasteiger partial charge on any atom is 0.312 e. The Morgan fingerprint density at radius 1 is 0.783 bits per heavy atom. The zero-order valence-corrected chi connectivity index (χ0v) is 13.6. The first-order chi connectivity index (χ1) is 10.7. The number of hydrogen-bond acceptors (Lipinski definition) is 7. The fourth-order valence-electron chi connectivity index (χ4n) is 5.34. The second-order valence-corrected chi connectivity index (χ2v) is 8.20. The van der Waals surface area contributed by atoms with Crippen LogP contribution in [0.1, 0.15) is 27.7 Å². The van der Waals surface area contributed by atoms with Gasteiger partial charge in [-0.05, 0) is 27.7 Å². The molecule has 2 bridgehead atoms. The maximum atomic E-state index is 12.4. The first kappa shape index (κ1) is 14.6. The minimum Gasteiger partial charge on any atom is -0.459 e. The van der Waals surface area contributed by atoms with Crippen LogP contribution < -0.4 is 0 Å². The van der Waals surface area contributed by atoms with Crippen LogP contribution >= 0.6 is 0 Å². The number of hydrogen-bond donors (Lipinski definition) is 1.